The summed E-state index contributed by atoms with van der Waals surface area (Å²) in [4.78, 5) is 10.3. The zero-order valence-electron chi connectivity index (χ0n) is 7.08. The smallest absolute Gasteiger partial charge is 0.306 e. The van der Waals surface area contributed by atoms with E-state index in [0.29, 0.717) is 0 Å². The van der Waals surface area contributed by atoms with E-state index in [4.69, 9.17) is 16.7 Å². The molecule has 76 valence electrons. The quantitative estimate of drug-likeness (QED) is 0.816. The molecule has 3 nitrogen and oxygen atoms in total. The fourth-order valence-electron chi connectivity index (χ4n) is 1.05. The average Bonchev–Trinajstić information content (AvgIpc) is 2.08. The van der Waals surface area contributed by atoms with E-state index in [0.717, 1.165) is 0 Å². The number of carbonyl (C=O) groups is 1. The van der Waals surface area contributed by atoms with Crippen molar-refractivity contribution in [2.45, 2.75) is 12.5 Å². The molecule has 0 aromatic heterocycles. The molecule has 5 heteroatoms. The highest BCUT2D eigenvalue weighted by Crippen LogP contribution is 2.24. The Balaban J connectivity index is 2.95. The molecule has 14 heavy (non-hydrogen) atoms. The molecule has 0 amide bonds. The van der Waals surface area contributed by atoms with Gasteiger partial charge >= 0.3 is 5.97 Å². The van der Waals surface area contributed by atoms with E-state index in [2.05, 4.69) is 0 Å². The second-order valence-corrected chi connectivity index (χ2v) is 3.16. The van der Waals surface area contributed by atoms with Gasteiger partial charge in [0.25, 0.3) is 0 Å². The predicted octanol–water partition coefficient (Wildman–Crippen LogP) is 1.99. The minimum Gasteiger partial charge on any atom is -0.481 e. The van der Waals surface area contributed by atoms with Crippen molar-refractivity contribution in [1.82, 2.24) is 0 Å². The standard InChI is InChI=1S/C9H8ClFO3/c10-6-3-1-2-5(9(6)11)7(12)4-8(13)14/h1-3,7,12H,4H2,(H,13,14)/t7-/m1/s1. The third kappa shape index (κ3) is 2.43. The SMILES string of the molecule is O=C(O)C[C@@H](O)c1cccc(Cl)c1F. The van der Waals surface area contributed by atoms with E-state index in [9.17, 15) is 14.3 Å². The maximum absolute atomic E-state index is 13.2. The molecule has 0 saturated carbocycles. The Labute approximate surface area is 84.7 Å². The van der Waals surface area contributed by atoms with Gasteiger partial charge in [-0.05, 0) is 6.07 Å². The first-order chi connectivity index (χ1) is 6.52. The second kappa shape index (κ2) is 4.39. The summed E-state index contributed by atoms with van der Waals surface area (Å²) in [7, 11) is 0. The van der Waals surface area contributed by atoms with Crippen LogP contribution in [-0.2, 0) is 4.79 Å². The van der Waals surface area contributed by atoms with Crippen molar-refractivity contribution in [1.29, 1.82) is 0 Å². The Hall–Kier alpha value is -1.13. The summed E-state index contributed by atoms with van der Waals surface area (Å²) < 4.78 is 13.2. The minimum atomic E-state index is -1.37. The van der Waals surface area contributed by atoms with Crippen molar-refractivity contribution in [2.75, 3.05) is 0 Å². The molecular weight excluding hydrogens is 211 g/mol. The predicted molar refractivity (Wildman–Crippen MR) is 48.6 cm³/mol. The van der Waals surface area contributed by atoms with Gasteiger partial charge in [-0.3, -0.25) is 4.79 Å². The lowest BCUT2D eigenvalue weighted by Gasteiger charge is -2.09. The van der Waals surface area contributed by atoms with Gasteiger partial charge in [0, 0.05) is 5.56 Å². The number of carboxylic acid groups (broad SMARTS) is 1. The minimum absolute atomic E-state index is 0.0973. The largest absolute Gasteiger partial charge is 0.481 e. The molecule has 0 aliphatic heterocycles. The summed E-state index contributed by atoms with van der Waals surface area (Å²) >= 11 is 5.46. The first-order valence-electron chi connectivity index (χ1n) is 3.86. The van der Waals surface area contributed by atoms with Gasteiger partial charge in [0.15, 0.2) is 0 Å². The number of hydrogen-bond acceptors (Lipinski definition) is 2. The molecule has 0 heterocycles. The molecule has 0 aliphatic rings. The number of benzene rings is 1. The molecule has 0 radical (unpaired) electrons. The molecular formula is C9H8ClFO3. The van der Waals surface area contributed by atoms with Gasteiger partial charge in [0.1, 0.15) is 5.82 Å². The van der Waals surface area contributed by atoms with E-state index in [1.165, 1.54) is 18.2 Å². The fourth-order valence-corrected chi connectivity index (χ4v) is 1.24. The van der Waals surface area contributed by atoms with Crippen LogP contribution < -0.4 is 0 Å². The van der Waals surface area contributed by atoms with Gasteiger partial charge < -0.3 is 10.2 Å². The Morgan fingerprint density at radius 3 is 2.79 bits per heavy atom. The Morgan fingerprint density at radius 1 is 1.57 bits per heavy atom. The molecule has 0 spiro atoms. The number of halogens is 2. The van der Waals surface area contributed by atoms with Gasteiger partial charge in [-0.25, -0.2) is 4.39 Å². The molecule has 0 fully saturated rings. The van der Waals surface area contributed by atoms with E-state index < -0.39 is 24.3 Å². The Morgan fingerprint density at radius 2 is 2.21 bits per heavy atom. The van der Waals surface area contributed by atoms with Gasteiger partial charge in [-0.1, -0.05) is 23.7 Å². The summed E-state index contributed by atoms with van der Waals surface area (Å²) in [6, 6.07) is 4.08. The summed E-state index contributed by atoms with van der Waals surface area (Å²) in [5, 5.41) is 17.6. The summed E-state index contributed by atoms with van der Waals surface area (Å²) in [5.41, 5.74) is -0.0973. The maximum Gasteiger partial charge on any atom is 0.306 e. The van der Waals surface area contributed by atoms with Crippen LogP contribution >= 0.6 is 11.6 Å². The number of rotatable bonds is 3. The highest BCUT2D eigenvalue weighted by Gasteiger charge is 2.17. The van der Waals surface area contributed by atoms with Crippen LogP contribution in [-0.4, -0.2) is 16.2 Å². The van der Waals surface area contributed by atoms with Gasteiger partial charge in [0.2, 0.25) is 0 Å². The zero-order valence-corrected chi connectivity index (χ0v) is 7.83. The third-order valence-electron chi connectivity index (χ3n) is 1.71. The van der Waals surface area contributed by atoms with Crippen molar-refractivity contribution < 1.29 is 19.4 Å². The maximum atomic E-state index is 13.2. The van der Waals surface area contributed by atoms with E-state index in [1.54, 1.807) is 0 Å². The lowest BCUT2D eigenvalue weighted by Crippen LogP contribution is -2.07. The number of hydrogen-bond donors (Lipinski definition) is 2. The molecule has 1 atom stereocenters. The Bertz CT molecular complexity index is 354. The number of aliphatic hydroxyl groups is 1. The van der Waals surface area contributed by atoms with Crippen LogP contribution in [0.25, 0.3) is 0 Å². The molecule has 0 bridgehead atoms. The van der Waals surface area contributed by atoms with Crippen molar-refractivity contribution in [3.8, 4) is 0 Å². The third-order valence-corrected chi connectivity index (χ3v) is 2.00. The number of carboxylic acids is 1. The van der Waals surface area contributed by atoms with E-state index in [-0.39, 0.29) is 10.6 Å². The highest BCUT2D eigenvalue weighted by atomic mass is 35.5. The summed E-state index contributed by atoms with van der Waals surface area (Å²) in [6.45, 7) is 0. The molecule has 1 aromatic rings. The topological polar surface area (TPSA) is 57.5 Å². The molecule has 0 saturated heterocycles. The van der Waals surface area contributed by atoms with Crippen LogP contribution in [0.15, 0.2) is 18.2 Å². The Kier molecular flexibility index (Phi) is 3.43. The van der Waals surface area contributed by atoms with E-state index >= 15 is 0 Å². The second-order valence-electron chi connectivity index (χ2n) is 2.76. The summed E-state index contributed by atoms with van der Waals surface area (Å²) in [6.07, 6.45) is -1.91. The lowest BCUT2D eigenvalue weighted by atomic mass is 10.1. The first kappa shape index (κ1) is 10.9. The highest BCUT2D eigenvalue weighted by molar-refractivity contribution is 6.30. The number of aliphatic carboxylic acids is 1. The summed E-state index contributed by atoms with van der Waals surface area (Å²) in [5.74, 6) is -1.97. The van der Waals surface area contributed by atoms with Crippen LogP contribution in [0, 0.1) is 5.82 Å². The molecule has 1 rings (SSSR count). The van der Waals surface area contributed by atoms with Gasteiger partial charge in [0.05, 0.1) is 17.5 Å². The lowest BCUT2D eigenvalue weighted by molar-refractivity contribution is -0.139. The monoisotopic (exact) mass is 218 g/mol. The first-order valence-corrected chi connectivity index (χ1v) is 4.24. The van der Waals surface area contributed by atoms with Crippen LogP contribution in [0.2, 0.25) is 5.02 Å². The molecule has 2 N–H and O–H groups in total. The number of aliphatic hydroxyl groups excluding tert-OH is 1. The van der Waals surface area contributed by atoms with Crippen LogP contribution in [0.5, 0.6) is 0 Å². The van der Waals surface area contributed by atoms with Crippen molar-refractivity contribution in [2.24, 2.45) is 0 Å². The van der Waals surface area contributed by atoms with Crippen molar-refractivity contribution in [3.05, 3.63) is 34.6 Å². The average molecular weight is 219 g/mol. The van der Waals surface area contributed by atoms with Crippen LogP contribution in [0.4, 0.5) is 4.39 Å². The van der Waals surface area contributed by atoms with Gasteiger partial charge in [-0.2, -0.15) is 0 Å². The van der Waals surface area contributed by atoms with Crippen molar-refractivity contribution >= 4 is 17.6 Å². The fraction of sp³-hybridized carbons (Fsp3) is 0.222. The molecule has 1 aromatic carbocycles. The van der Waals surface area contributed by atoms with Crippen LogP contribution in [0.3, 0.4) is 0 Å². The normalized spacial score (nSPS) is 12.5. The zero-order chi connectivity index (χ0) is 10.7. The van der Waals surface area contributed by atoms with Crippen LogP contribution in [0.1, 0.15) is 18.1 Å². The van der Waals surface area contributed by atoms with Crippen molar-refractivity contribution in [3.63, 3.8) is 0 Å². The molecule has 0 aliphatic carbocycles. The van der Waals surface area contributed by atoms with E-state index in [1.807, 2.05) is 0 Å². The van der Waals surface area contributed by atoms with Gasteiger partial charge in [-0.15, -0.1) is 0 Å². The molecule has 0 unspecified atom stereocenters.